The van der Waals surface area contributed by atoms with Crippen LogP contribution in [0.25, 0.3) is 97.9 Å². The van der Waals surface area contributed by atoms with Gasteiger partial charge in [0.1, 0.15) is 11.1 Å². The minimum absolute atomic E-state index is 0.551. The Morgan fingerprint density at radius 1 is 0.417 bits per heavy atom. The summed E-state index contributed by atoms with van der Waals surface area (Å²) in [7, 11) is 0. The standard InChI is InChI=1S/C44H26N2OS/c1-2-10-27(11-3-1)28-12-6-14-31(24-28)33-17-9-20-38-41(33)46-42-37-26-30(22-23-39(37)47-44(42)45-38)29-13-7-15-32(25-29)34-18-8-19-36-35-16-4-5-21-40(35)48-43(34)36/h1-26H. The summed E-state index contributed by atoms with van der Waals surface area (Å²) in [5, 5.41) is 3.58. The van der Waals surface area contributed by atoms with Crippen molar-refractivity contribution in [2.75, 3.05) is 0 Å². The first-order valence-electron chi connectivity index (χ1n) is 16.1. The zero-order valence-electron chi connectivity index (χ0n) is 25.7. The van der Waals surface area contributed by atoms with Crippen molar-refractivity contribution in [2.24, 2.45) is 0 Å². The molecule has 0 saturated carbocycles. The van der Waals surface area contributed by atoms with E-state index in [1.807, 2.05) is 35.6 Å². The van der Waals surface area contributed by atoms with E-state index in [9.17, 15) is 0 Å². The average molecular weight is 631 g/mol. The van der Waals surface area contributed by atoms with E-state index in [0.29, 0.717) is 5.71 Å². The Morgan fingerprint density at radius 3 is 1.94 bits per heavy atom. The molecule has 10 aromatic rings. The molecule has 0 aliphatic carbocycles. The molecule has 3 nitrogen and oxygen atoms in total. The first-order chi connectivity index (χ1) is 23.8. The van der Waals surface area contributed by atoms with E-state index in [2.05, 4.69) is 133 Å². The SMILES string of the molecule is c1ccc(-c2cccc(-c3cccc4nc5oc6ccc(-c7cccc(-c8cccc9c8sc8ccccc89)c7)cc6c5nc34)c2)cc1. The van der Waals surface area contributed by atoms with Crippen LogP contribution in [-0.4, -0.2) is 9.97 Å². The fourth-order valence-corrected chi connectivity index (χ4v) is 8.20. The minimum Gasteiger partial charge on any atom is -0.436 e. The highest BCUT2D eigenvalue weighted by molar-refractivity contribution is 7.26. The van der Waals surface area contributed by atoms with Crippen LogP contribution in [0.15, 0.2) is 162 Å². The zero-order valence-corrected chi connectivity index (χ0v) is 26.5. The number of hydrogen-bond acceptors (Lipinski definition) is 4. The number of hydrogen-bond donors (Lipinski definition) is 0. The minimum atomic E-state index is 0.551. The van der Waals surface area contributed by atoms with Crippen molar-refractivity contribution >= 4 is 64.7 Å². The van der Waals surface area contributed by atoms with Crippen LogP contribution in [0, 0.1) is 0 Å². The van der Waals surface area contributed by atoms with Crippen molar-refractivity contribution in [3.63, 3.8) is 0 Å². The number of fused-ring (bicyclic) bond motifs is 7. The van der Waals surface area contributed by atoms with Crippen molar-refractivity contribution in [3.8, 4) is 44.5 Å². The van der Waals surface area contributed by atoms with Gasteiger partial charge in [0.25, 0.3) is 0 Å². The van der Waals surface area contributed by atoms with Gasteiger partial charge in [0, 0.05) is 31.1 Å². The molecule has 0 radical (unpaired) electrons. The zero-order chi connectivity index (χ0) is 31.6. The Hall–Kier alpha value is -6.10. The number of aromatic nitrogens is 2. The maximum atomic E-state index is 6.27. The fraction of sp³-hybridized carbons (Fsp3) is 0. The maximum Gasteiger partial charge on any atom is 0.246 e. The molecule has 10 rings (SSSR count). The molecule has 0 spiro atoms. The lowest BCUT2D eigenvalue weighted by molar-refractivity contribution is 0.655. The van der Waals surface area contributed by atoms with Gasteiger partial charge in [-0.15, -0.1) is 11.3 Å². The Balaban J connectivity index is 1.10. The number of thiophene rings is 1. The molecule has 0 atom stereocenters. The van der Waals surface area contributed by atoms with Gasteiger partial charge in [0.2, 0.25) is 5.71 Å². The predicted molar refractivity (Wildman–Crippen MR) is 201 cm³/mol. The third-order valence-corrected chi connectivity index (χ3v) is 10.5. The molecule has 0 saturated heterocycles. The molecule has 4 heteroatoms. The first kappa shape index (κ1) is 27.1. The summed E-state index contributed by atoms with van der Waals surface area (Å²) in [5.41, 5.74) is 13.0. The maximum absolute atomic E-state index is 6.27. The molecule has 0 bridgehead atoms. The van der Waals surface area contributed by atoms with Crippen LogP contribution in [0.4, 0.5) is 0 Å². The summed E-state index contributed by atoms with van der Waals surface area (Å²) in [6.45, 7) is 0. The van der Waals surface area contributed by atoms with Crippen LogP contribution in [0.3, 0.4) is 0 Å². The second-order valence-corrected chi connectivity index (χ2v) is 13.2. The Kier molecular flexibility index (Phi) is 6.05. The van der Waals surface area contributed by atoms with Gasteiger partial charge in [0.05, 0.1) is 11.0 Å². The molecule has 0 fully saturated rings. The van der Waals surface area contributed by atoms with E-state index < -0.39 is 0 Å². The van der Waals surface area contributed by atoms with Gasteiger partial charge in [-0.2, -0.15) is 0 Å². The van der Waals surface area contributed by atoms with Crippen molar-refractivity contribution < 1.29 is 4.42 Å². The van der Waals surface area contributed by atoms with E-state index in [1.54, 1.807) is 0 Å². The lowest BCUT2D eigenvalue weighted by Crippen LogP contribution is -1.89. The van der Waals surface area contributed by atoms with Crippen molar-refractivity contribution in [3.05, 3.63) is 158 Å². The Bertz CT molecular complexity index is 2850. The van der Waals surface area contributed by atoms with Crippen LogP contribution in [0.1, 0.15) is 0 Å². The van der Waals surface area contributed by atoms with Gasteiger partial charge in [-0.05, 0) is 75.3 Å². The number of para-hydroxylation sites is 1. The van der Waals surface area contributed by atoms with Gasteiger partial charge in [-0.1, -0.05) is 121 Å². The van der Waals surface area contributed by atoms with Gasteiger partial charge < -0.3 is 4.42 Å². The quantitative estimate of drug-likeness (QED) is 0.194. The molecular formula is C44H26N2OS. The monoisotopic (exact) mass is 630 g/mol. The fourth-order valence-electron chi connectivity index (χ4n) is 6.97. The number of furan rings is 1. The van der Waals surface area contributed by atoms with Crippen LogP contribution >= 0.6 is 11.3 Å². The molecule has 48 heavy (non-hydrogen) atoms. The molecule has 0 aliphatic heterocycles. The summed E-state index contributed by atoms with van der Waals surface area (Å²) in [6, 6.07) is 55.8. The van der Waals surface area contributed by atoms with Gasteiger partial charge in [-0.3, -0.25) is 0 Å². The lowest BCUT2D eigenvalue weighted by atomic mass is 9.97. The number of nitrogens with zero attached hydrogens (tertiary/aromatic N) is 2. The van der Waals surface area contributed by atoms with E-state index in [1.165, 1.54) is 42.4 Å². The second kappa shape index (κ2) is 10.7. The van der Waals surface area contributed by atoms with E-state index in [0.717, 1.165) is 49.8 Å². The summed E-state index contributed by atoms with van der Waals surface area (Å²) in [4.78, 5) is 10.2. The topological polar surface area (TPSA) is 38.9 Å². The van der Waals surface area contributed by atoms with Crippen molar-refractivity contribution in [1.82, 2.24) is 9.97 Å². The van der Waals surface area contributed by atoms with Crippen LogP contribution in [0.2, 0.25) is 0 Å². The molecule has 0 aliphatic rings. The molecule has 224 valence electrons. The van der Waals surface area contributed by atoms with Crippen molar-refractivity contribution in [2.45, 2.75) is 0 Å². The first-order valence-corrected chi connectivity index (χ1v) is 16.9. The van der Waals surface area contributed by atoms with Gasteiger partial charge in [0.15, 0.2) is 0 Å². The van der Waals surface area contributed by atoms with Gasteiger partial charge >= 0.3 is 0 Å². The Morgan fingerprint density at radius 2 is 1.06 bits per heavy atom. The van der Waals surface area contributed by atoms with E-state index in [4.69, 9.17) is 14.4 Å². The van der Waals surface area contributed by atoms with Crippen LogP contribution < -0.4 is 0 Å². The molecule has 0 unspecified atom stereocenters. The summed E-state index contributed by atoms with van der Waals surface area (Å²) in [5.74, 6) is 0. The highest BCUT2D eigenvalue weighted by atomic mass is 32.1. The average Bonchev–Trinajstić information content (AvgIpc) is 3.71. The second-order valence-electron chi connectivity index (χ2n) is 12.2. The van der Waals surface area contributed by atoms with Gasteiger partial charge in [-0.25, -0.2) is 9.97 Å². The van der Waals surface area contributed by atoms with Crippen LogP contribution in [0.5, 0.6) is 0 Å². The summed E-state index contributed by atoms with van der Waals surface area (Å²) >= 11 is 1.86. The molecular weight excluding hydrogens is 605 g/mol. The highest BCUT2D eigenvalue weighted by Crippen LogP contribution is 2.41. The predicted octanol–water partition coefficient (Wildman–Crippen LogP) is 12.6. The van der Waals surface area contributed by atoms with E-state index in [-0.39, 0.29) is 0 Å². The Labute approximate surface area is 280 Å². The molecule has 3 heterocycles. The van der Waals surface area contributed by atoms with Crippen LogP contribution in [-0.2, 0) is 0 Å². The summed E-state index contributed by atoms with van der Waals surface area (Å²) < 4.78 is 8.90. The third-order valence-electron chi connectivity index (χ3n) is 9.30. The summed E-state index contributed by atoms with van der Waals surface area (Å²) in [6.07, 6.45) is 0. The molecule has 7 aromatic carbocycles. The van der Waals surface area contributed by atoms with Crippen molar-refractivity contribution in [1.29, 1.82) is 0 Å². The lowest BCUT2D eigenvalue weighted by Gasteiger charge is -2.09. The van der Waals surface area contributed by atoms with E-state index >= 15 is 0 Å². The third kappa shape index (κ3) is 4.34. The molecule has 0 N–H and O–H groups in total. The molecule has 0 amide bonds. The normalized spacial score (nSPS) is 11.8. The largest absolute Gasteiger partial charge is 0.436 e. The number of rotatable bonds is 4. The number of benzene rings is 7. The molecule has 3 aromatic heterocycles. The smallest absolute Gasteiger partial charge is 0.246 e. The highest BCUT2D eigenvalue weighted by Gasteiger charge is 2.16.